The number of carbonyl (C=O) groups is 1. The molecular weight excluding hydrogens is 382 g/mol. The van der Waals surface area contributed by atoms with Crippen molar-refractivity contribution in [3.8, 4) is 0 Å². The van der Waals surface area contributed by atoms with Crippen LogP contribution in [-0.2, 0) is 22.3 Å². The molecular formula is C22H35N3O3Si. The molecule has 29 heavy (non-hydrogen) atoms. The standard InChI is InChI=1S/C22H35N3O3Si/c1-22(2,3)29(4,5)28-13-9-12-19(27-16-18-10-7-6-8-11-18)14-25-15-20(21(23)26)24-17-25/h6-8,10-11,15,17,19H,9,12-14,16H2,1-5H3,(H2,23,26). The van der Waals surface area contributed by atoms with E-state index in [0.29, 0.717) is 13.2 Å². The smallest absolute Gasteiger partial charge is 0.268 e. The largest absolute Gasteiger partial charge is 0.417 e. The number of ether oxygens (including phenoxy) is 1. The lowest BCUT2D eigenvalue weighted by Gasteiger charge is -2.36. The first kappa shape index (κ1) is 23.3. The normalized spacial score (nSPS) is 13.4. The second kappa shape index (κ2) is 10.2. The van der Waals surface area contributed by atoms with E-state index in [2.05, 4.69) is 51.0 Å². The Kier molecular flexibility index (Phi) is 8.19. The number of rotatable bonds is 11. The Morgan fingerprint density at radius 3 is 2.52 bits per heavy atom. The first-order chi connectivity index (χ1) is 13.6. The molecule has 0 fully saturated rings. The van der Waals surface area contributed by atoms with E-state index in [1.165, 1.54) is 0 Å². The lowest BCUT2D eigenvalue weighted by atomic mass is 10.2. The van der Waals surface area contributed by atoms with Gasteiger partial charge < -0.3 is 19.5 Å². The molecule has 1 aromatic carbocycles. The summed E-state index contributed by atoms with van der Waals surface area (Å²) in [6.07, 6.45) is 5.08. The predicted octanol–water partition coefficient (Wildman–Crippen LogP) is 4.37. The number of aromatic nitrogens is 2. The fourth-order valence-corrected chi connectivity index (χ4v) is 3.78. The summed E-state index contributed by atoms with van der Waals surface area (Å²) in [7, 11) is -1.74. The molecule has 1 atom stereocenters. The van der Waals surface area contributed by atoms with E-state index in [1.807, 2.05) is 22.8 Å². The van der Waals surface area contributed by atoms with Crippen molar-refractivity contribution >= 4 is 14.2 Å². The zero-order valence-electron chi connectivity index (χ0n) is 18.4. The van der Waals surface area contributed by atoms with E-state index in [0.717, 1.165) is 25.0 Å². The van der Waals surface area contributed by atoms with Crippen molar-refractivity contribution in [2.45, 2.75) is 71.0 Å². The Hall–Kier alpha value is -1.96. The van der Waals surface area contributed by atoms with Crippen LogP contribution in [0.1, 0.15) is 49.7 Å². The van der Waals surface area contributed by atoms with Crippen molar-refractivity contribution in [3.05, 3.63) is 54.1 Å². The van der Waals surface area contributed by atoms with Crippen LogP contribution >= 0.6 is 0 Å². The predicted molar refractivity (Wildman–Crippen MR) is 118 cm³/mol. The van der Waals surface area contributed by atoms with E-state index < -0.39 is 14.2 Å². The molecule has 1 amide bonds. The van der Waals surface area contributed by atoms with Gasteiger partial charge in [0.1, 0.15) is 5.69 Å². The molecule has 0 bridgehead atoms. The molecule has 0 spiro atoms. The van der Waals surface area contributed by atoms with Crippen LogP contribution in [-0.4, -0.2) is 36.5 Å². The minimum Gasteiger partial charge on any atom is -0.417 e. The third kappa shape index (κ3) is 7.42. The van der Waals surface area contributed by atoms with Gasteiger partial charge in [-0.05, 0) is 36.5 Å². The number of nitrogens with two attached hydrogens (primary N) is 1. The van der Waals surface area contributed by atoms with Crippen LogP contribution < -0.4 is 5.73 Å². The molecule has 2 aromatic rings. The molecule has 160 valence electrons. The first-order valence-corrected chi connectivity index (χ1v) is 13.1. The van der Waals surface area contributed by atoms with Gasteiger partial charge in [0, 0.05) is 19.3 Å². The Labute approximate surface area is 175 Å². The number of hydrogen-bond acceptors (Lipinski definition) is 4. The highest BCUT2D eigenvalue weighted by Crippen LogP contribution is 2.36. The van der Waals surface area contributed by atoms with Crippen LogP contribution in [0.15, 0.2) is 42.9 Å². The summed E-state index contributed by atoms with van der Waals surface area (Å²) < 4.78 is 14.4. The van der Waals surface area contributed by atoms with E-state index in [9.17, 15) is 4.79 Å². The van der Waals surface area contributed by atoms with Gasteiger partial charge in [-0.1, -0.05) is 51.1 Å². The molecule has 0 saturated heterocycles. The van der Waals surface area contributed by atoms with Gasteiger partial charge in [0.25, 0.3) is 5.91 Å². The number of benzene rings is 1. The lowest BCUT2D eigenvalue weighted by Crippen LogP contribution is -2.41. The minimum atomic E-state index is -1.74. The highest BCUT2D eigenvalue weighted by molar-refractivity contribution is 6.74. The summed E-state index contributed by atoms with van der Waals surface area (Å²) >= 11 is 0. The van der Waals surface area contributed by atoms with E-state index in [4.69, 9.17) is 14.9 Å². The molecule has 1 unspecified atom stereocenters. The maximum atomic E-state index is 11.3. The van der Waals surface area contributed by atoms with Gasteiger partial charge in [-0.15, -0.1) is 0 Å². The molecule has 0 aliphatic heterocycles. The number of primary amides is 1. The third-order valence-corrected chi connectivity index (χ3v) is 10.1. The zero-order chi connectivity index (χ0) is 21.5. The van der Waals surface area contributed by atoms with E-state index >= 15 is 0 Å². The summed E-state index contributed by atoms with van der Waals surface area (Å²) in [4.78, 5) is 15.4. The Morgan fingerprint density at radius 1 is 1.24 bits per heavy atom. The van der Waals surface area contributed by atoms with Gasteiger partial charge in [-0.3, -0.25) is 4.79 Å². The Morgan fingerprint density at radius 2 is 1.93 bits per heavy atom. The van der Waals surface area contributed by atoms with E-state index in [1.54, 1.807) is 12.5 Å². The van der Waals surface area contributed by atoms with Crippen molar-refractivity contribution in [2.24, 2.45) is 5.73 Å². The molecule has 2 N–H and O–H groups in total. The van der Waals surface area contributed by atoms with Gasteiger partial charge in [-0.25, -0.2) is 4.98 Å². The summed E-state index contributed by atoms with van der Waals surface area (Å²) in [6, 6.07) is 10.1. The summed E-state index contributed by atoms with van der Waals surface area (Å²) in [6.45, 7) is 13.2. The van der Waals surface area contributed by atoms with Crippen molar-refractivity contribution < 1.29 is 14.0 Å². The quantitative estimate of drug-likeness (QED) is 0.435. The van der Waals surface area contributed by atoms with Crippen LogP contribution in [0.2, 0.25) is 18.1 Å². The average molecular weight is 418 g/mol. The number of imidazole rings is 1. The van der Waals surface area contributed by atoms with Crippen LogP contribution in [0, 0.1) is 0 Å². The van der Waals surface area contributed by atoms with Crippen LogP contribution in [0.5, 0.6) is 0 Å². The lowest BCUT2D eigenvalue weighted by molar-refractivity contribution is 0.0200. The summed E-state index contributed by atoms with van der Waals surface area (Å²) in [5.74, 6) is -0.520. The topological polar surface area (TPSA) is 79.4 Å². The molecule has 1 aromatic heterocycles. The zero-order valence-corrected chi connectivity index (χ0v) is 19.4. The fraction of sp³-hybridized carbons (Fsp3) is 0.545. The highest BCUT2D eigenvalue weighted by Gasteiger charge is 2.36. The third-order valence-electron chi connectivity index (χ3n) is 5.57. The Balaban J connectivity index is 1.93. The Bertz CT molecular complexity index is 769. The summed E-state index contributed by atoms with van der Waals surface area (Å²) in [5, 5.41) is 0.207. The maximum Gasteiger partial charge on any atom is 0.268 e. The average Bonchev–Trinajstić information content (AvgIpc) is 3.12. The second-order valence-electron chi connectivity index (χ2n) is 8.99. The summed E-state index contributed by atoms with van der Waals surface area (Å²) in [5.41, 5.74) is 6.72. The fourth-order valence-electron chi connectivity index (χ4n) is 2.69. The molecule has 7 heteroatoms. The van der Waals surface area contributed by atoms with Gasteiger partial charge in [0.05, 0.1) is 19.0 Å². The number of carbonyl (C=O) groups excluding carboxylic acids is 1. The van der Waals surface area contributed by atoms with Crippen LogP contribution in [0.3, 0.4) is 0 Å². The molecule has 2 rings (SSSR count). The van der Waals surface area contributed by atoms with Crippen molar-refractivity contribution in [1.29, 1.82) is 0 Å². The second-order valence-corrected chi connectivity index (χ2v) is 13.8. The monoisotopic (exact) mass is 417 g/mol. The van der Waals surface area contributed by atoms with Gasteiger partial charge in [0.15, 0.2) is 8.32 Å². The molecule has 0 saturated carbocycles. The number of hydrogen-bond donors (Lipinski definition) is 1. The van der Waals surface area contributed by atoms with Crippen LogP contribution in [0.25, 0.3) is 0 Å². The minimum absolute atomic E-state index is 0.00634. The SMILES string of the molecule is CC(C)(C)[Si](C)(C)OCCCC(Cn1cnc(C(N)=O)c1)OCc1ccccc1. The van der Waals surface area contributed by atoms with Gasteiger partial charge in [0.2, 0.25) is 0 Å². The first-order valence-electron chi connectivity index (χ1n) is 10.2. The van der Waals surface area contributed by atoms with Crippen LogP contribution in [0.4, 0.5) is 0 Å². The molecule has 6 nitrogen and oxygen atoms in total. The number of amides is 1. The van der Waals surface area contributed by atoms with Crippen molar-refractivity contribution in [3.63, 3.8) is 0 Å². The van der Waals surface area contributed by atoms with Crippen molar-refractivity contribution in [1.82, 2.24) is 9.55 Å². The molecule has 1 heterocycles. The molecule has 0 aliphatic rings. The maximum absolute atomic E-state index is 11.3. The van der Waals surface area contributed by atoms with Gasteiger partial charge >= 0.3 is 0 Å². The van der Waals surface area contributed by atoms with E-state index in [-0.39, 0.29) is 16.8 Å². The number of nitrogens with zero attached hydrogens (tertiary/aromatic N) is 2. The van der Waals surface area contributed by atoms with Gasteiger partial charge in [-0.2, -0.15) is 0 Å². The molecule has 0 aliphatic carbocycles. The van der Waals surface area contributed by atoms with Crippen molar-refractivity contribution in [2.75, 3.05) is 6.61 Å². The molecule has 0 radical (unpaired) electrons. The highest BCUT2D eigenvalue weighted by atomic mass is 28.4.